The summed E-state index contributed by atoms with van der Waals surface area (Å²) in [5.74, 6) is 0.429. The van der Waals surface area contributed by atoms with Crippen molar-refractivity contribution in [2.75, 3.05) is 11.1 Å². The van der Waals surface area contributed by atoms with Crippen LogP contribution in [0.3, 0.4) is 0 Å². The molecule has 24 heavy (non-hydrogen) atoms. The van der Waals surface area contributed by atoms with Crippen molar-refractivity contribution in [3.05, 3.63) is 65.2 Å². The molecule has 0 spiro atoms. The van der Waals surface area contributed by atoms with Crippen molar-refractivity contribution in [2.45, 2.75) is 32.1 Å². The maximum atomic E-state index is 12.1. The Kier molecular flexibility index (Phi) is 6.70. The molecule has 0 aromatic heterocycles. The Morgan fingerprint density at radius 3 is 2.42 bits per heavy atom. The normalized spacial score (nSPS) is 12.2. The molecule has 0 aliphatic carbocycles. The summed E-state index contributed by atoms with van der Waals surface area (Å²) in [6.45, 7) is 4.18. The Bertz CT molecular complexity index is 711. The van der Waals surface area contributed by atoms with Gasteiger partial charge in [0, 0.05) is 22.2 Å². The van der Waals surface area contributed by atoms with Crippen LogP contribution in [0.4, 0.5) is 5.69 Å². The minimum absolute atomic E-state index is 0.0127. The van der Waals surface area contributed by atoms with Crippen LogP contribution in [0.1, 0.15) is 36.5 Å². The van der Waals surface area contributed by atoms with E-state index in [0.29, 0.717) is 11.7 Å². The molecule has 0 saturated heterocycles. The highest BCUT2D eigenvalue weighted by molar-refractivity contribution is 7.84. The smallest absolute Gasteiger partial charge is 0.237 e. The van der Waals surface area contributed by atoms with Crippen molar-refractivity contribution < 1.29 is 14.1 Å². The topological polar surface area (TPSA) is 66.4 Å². The molecule has 5 heteroatoms. The molecule has 0 aliphatic heterocycles. The molecule has 2 rings (SSSR count). The van der Waals surface area contributed by atoms with E-state index in [4.69, 9.17) is 5.11 Å². The molecule has 128 valence electrons. The lowest BCUT2D eigenvalue weighted by Crippen LogP contribution is -2.20. The van der Waals surface area contributed by atoms with Gasteiger partial charge >= 0.3 is 0 Å². The summed E-state index contributed by atoms with van der Waals surface area (Å²) in [5, 5.41) is 11.8. The number of nitrogens with one attached hydrogen (secondary N) is 1. The fourth-order valence-electron chi connectivity index (χ4n) is 2.30. The highest BCUT2D eigenvalue weighted by Gasteiger charge is 2.10. The second-order valence-electron chi connectivity index (χ2n) is 6.03. The van der Waals surface area contributed by atoms with Crippen LogP contribution in [0.15, 0.2) is 48.5 Å². The summed E-state index contributed by atoms with van der Waals surface area (Å²) in [4.78, 5) is 12.1. The lowest BCUT2D eigenvalue weighted by molar-refractivity contribution is -0.113. The number of aliphatic hydroxyl groups excluding tert-OH is 1. The van der Waals surface area contributed by atoms with Gasteiger partial charge in [-0.1, -0.05) is 50.2 Å². The number of hydrogen-bond acceptors (Lipinski definition) is 3. The first kappa shape index (κ1) is 18.4. The molecule has 0 heterocycles. The van der Waals surface area contributed by atoms with E-state index in [0.717, 1.165) is 22.4 Å². The van der Waals surface area contributed by atoms with E-state index in [1.165, 1.54) is 0 Å². The second kappa shape index (κ2) is 8.76. The van der Waals surface area contributed by atoms with Gasteiger partial charge in [-0.2, -0.15) is 0 Å². The summed E-state index contributed by atoms with van der Waals surface area (Å²) in [7, 11) is -1.27. The highest BCUT2D eigenvalue weighted by atomic mass is 32.2. The number of hydrogen-bond donors (Lipinski definition) is 2. The SMILES string of the molecule is CC(C)c1cccc(NC(=O)CS(=O)Cc2ccc(CO)cc2)c1. The first-order chi connectivity index (χ1) is 11.5. The van der Waals surface area contributed by atoms with E-state index < -0.39 is 10.8 Å². The molecule has 1 amide bonds. The van der Waals surface area contributed by atoms with E-state index in [-0.39, 0.29) is 18.3 Å². The van der Waals surface area contributed by atoms with E-state index in [1.807, 2.05) is 36.4 Å². The molecule has 2 N–H and O–H groups in total. The van der Waals surface area contributed by atoms with Gasteiger partial charge in [0.05, 0.1) is 6.61 Å². The third kappa shape index (κ3) is 5.58. The predicted octanol–water partition coefficient (Wildman–Crippen LogP) is 3.19. The molecular weight excluding hydrogens is 322 g/mol. The summed E-state index contributed by atoms with van der Waals surface area (Å²) in [6.07, 6.45) is 0. The molecule has 0 saturated carbocycles. The molecule has 0 fully saturated rings. The zero-order valence-electron chi connectivity index (χ0n) is 14.0. The van der Waals surface area contributed by atoms with Crippen LogP contribution in [0.5, 0.6) is 0 Å². The van der Waals surface area contributed by atoms with Gasteiger partial charge in [-0.25, -0.2) is 0 Å². The molecule has 1 unspecified atom stereocenters. The van der Waals surface area contributed by atoms with E-state index in [2.05, 4.69) is 19.2 Å². The second-order valence-corrected chi connectivity index (χ2v) is 7.49. The van der Waals surface area contributed by atoms with Crippen molar-refractivity contribution in [3.8, 4) is 0 Å². The summed E-state index contributed by atoms with van der Waals surface area (Å²) < 4.78 is 12.1. The fourth-order valence-corrected chi connectivity index (χ4v) is 3.33. The van der Waals surface area contributed by atoms with Gasteiger partial charge in [0.1, 0.15) is 5.75 Å². The summed E-state index contributed by atoms with van der Waals surface area (Å²) in [5.41, 5.74) is 3.58. The van der Waals surface area contributed by atoms with Gasteiger partial charge in [-0.05, 0) is 34.7 Å². The Morgan fingerprint density at radius 2 is 1.79 bits per heavy atom. The quantitative estimate of drug-likeness (QED) is 0.810. The molecule has 0 radical (unpaired) electrons. The van der Waals surface area contributed by atoms with Crippen LogP contribution in [0.2, 0.25) is 0 Å². The van der Waals surface area contributed by atoms with Crippen molar-refractivity contribution in [1.29, 1.82) is 0 Å². The van der Waals surface area contributed by atoms with E-state index >= 15 is 0 Å². The van der Waals surface area contributed by atoms with Crippen molar-refractivity contribution in [3.63, 3.8) is 0 Å². The maximum absolute atomic E-state index is 12.1. The number of anilines is 1. The Labute approximate surface area is 145 Å². The fraction of sp³-hybridized carbons (Fsp3) is 0.316. The Hall–Kier alpha value is -1.98. The molecule has 2 aromatic rings. The van der Waals surface area contributed by atoms with Crippen LogP contribution < -0.4 is 5.32 Å². The van der Waals surface area contributed by atoms with Crippen LogP contribution in [-0.4, -0.2) is 21.0 Å². The highest BCUT2D eigenvalue weighted by Crippen LogP contribution is 2.18. The standard InChI is InChI=1S/C19H23NO3S/c1-14(2)17-4-3-5-18(10-17)20-19(22)13-24(23)12-16-8-6-15(11-21)7-9-16/h3-10,14,21H,11-13H2,1-2H3,(H,20,22). The van der Waals surface area contributed by atoms with Gasteiger partial charge in [-0.15, -0.1) is 0 Å². The summed E-state index contributed by atoms with van der Waals surface area (Å²) in [6, 6.07) is 15.0. The third-order valence-electron chi connectivity index (χ3n) is 3.66. The zero-order chi connectivity index (χ0) is 17.5. The van der Waals surface area contributed by atoms with Crippen molar-refractivity contribution >= 4 is 22.4 Å². The molecule has 0 aliphatic rings. The Morgan fingerprint density at radius 1 is 1.12 bits per heavy atom. The maximum Gasteiger partial charge on any atom is 0.237 e. The summed E-state index contributed by atoms with van der Waals surface area (Å²) >= 11 is 0. The van der Waals surface area contributed by atoms with Gasteiger partial charge in [0.25, 0.3) is 0 Å². The number of amides is 1. The van der Waals surface area contributed by atoms with Crippen molar-refractivity contribution in [1.82, 2.24) is 0 Å². The molecule has 2 aromatic carbocycles. The first-order valence-electron chi connectivity index (χ1n) is 7.91. The van der Waals surface area contributed by atoms with Crippen LogP contribution in [-0.2, 0) is 28.0 Å². The van der Waals surface area contributed by atoms with Crippen LogP contribution in [0, 0.1) is 0 Å². The molecular formula is C19H23NO3S. The predicted molar refractivity (Wildman–Crippen MR) is 98.2 cm³/mol. The Balaban J connectivity index is 1.89. The molecule has 0 bridgehead atoms. The minimum atomic E-state index is -1.27. The van der Waals surface area contributed by atoms with E-state index in [1.54, 1.807) is 12.1 Å². The molecule has 1 atom stereocenters. The average molecular weight is 345 g/mol. The lowest BCUT2D eigenvalue weighted by atomic mass is 10.0. The third-order valence-corrected chi connectivity index (χ3v) is 4.90. The monoisotopic (exact) mass is 345 g/mol. The largest absolute Gasteiger partial charge is 0.392 e. The number of benzene rings is 2. The van der Waals surface area contributed by atoms with Gasteiger partial charge in [-0.3, -0.25) is 9.00 Å². The number of carbonyl (C=O) groups is 1. The van der Waals surface area contributed by atoms with Crippen molar-refractivity contribution in [2.24, 2.45) is 0 Å². The zero-order valence-corrected chi connectivity index (χ0v) is 14.8. The number of rotatable bonds is 7. The number of aliphatic hydroxyl groups is 1. The van der Waals surface area contributed by atoms with Gasteiger partial charge in [0.2, 0.25) is 5.91 Å². The first-order valence-corrected chi connectivity index (χ1v) is 9.40. The van der Waals surface area contributed by atoms with Gasteiger partial charge < -0.3 is 10.4 Å². The number of carbonyl (C=O) groups excluding carboxylic acids is 1. The molecule has 4 nitrogen and oxygen atoms in total. The lowest BCUT2D eigenvalue weighted by Gasteiger charge is -2.09. The van der Waals surface area contributed by atoms with E-state index in [9.17, 15) is 9.00 Å². The average Bonchev–Trinajstić information content (AvgIpc) is 2.55. The minimum Gasteiger partial charge on any atom is -0.392 e. The van der Waals surface area contributed by atoms with Crippen LogP contribution in [0.25, 0.3) is 0 Å². The van der Waals surface area contributed by atoms with Crippen LogP contribution >= 0.6 is 0 Å². The van der Waals surface area contributed by atoms with Gasteiger partial charge in [0.15, 0.2) is 0 Å².